The number of fused-ring (bicyclic) bond motifs is 8. The number of hydrogen-bond acceptors (Lipinski definition) is 12. The van der Waals surface area contributed by atoms with Crippen LogP contribution >= 0.6 is 0 Å². The maximum Gasteiger partial charge on any atom is 0.411 e. The molecule has 11 rings (SSSR count). The highest BCUT2D eigenvalue weighted by molar-refractivity contribution is 6.09. The van der Waals surface area contributed by atoms with Crippen LogP contribution in [-0.4, -0.2) is 91.8 Å². The lowest BCUT2D eigenvalue weighted by atomic mass is 9.90. The van der Waals surface area contributed by atoms with Crippen LogP contribution in [0.5, 0.6) is 23.0 Å². The molecule has 2 aliphatic carbocycles. The second kappa shape index (κ2) is 25.5. The lowest BCUT2D eigenvalue weighted by molar-refractivity contribution is 0.0955. The first-order valence-corrected chi connectivity index (χ1v) is 28.1. The predicted octanol–water partition coefficient (Wildman–Crippen LogP) is 12.1. The molecule has 0 saturated heterocycles. The second-order valence-electron chi connectivity index (χ2n) is 20.7. The fourth-order valence-corrected chi connectivity index (χ4v) is 11.7. The van der Waals surface area contributed by atoms with Gasteiger partial charge in [0.05, 0.1) is 51.2 Å². The van der Waals surface area contributed by atoms with Crippen molar-refractivity contribution in [2.75, 3.05) is 77.0 Å². The zero-order valence-electron chi connectivity index (χ0n) is 48.9. The standard InChI is InChI=1S/C68H62N8O12/c1-69-63(77)37-23-25-55(57(27-37)75-67(81)87-35-53-43-19-11-7-15-39(43)40-16-8-12-20-44(40)53)73-65(79)71-33-51-47-29-59(83-3)61(85-5)31-49(47)52(50-32-62(86-6)60(84-4)30-48(50)51)34-72-66(80)74-56-26-24-38(64(78)70-2)28-58(56)76-68(82)88-36-54-45-21-13-9-17-41(45)42-18-10-14-22-46(42)54/h7-32,53-54H,33-36H2,1-6H3,(H,69,77)(H,70,78)(H,75,81)(H,76,82)(H2,71,73,79)(H2,72,74,80). The molecule has 9 aromatic carbocycles. The highest BCUT2D eigenvalue weighted by Crippen LogP contribution is 2.47. The SMILES string of the molecule is CNC(=O)c1ccc(NC(=O)NCc2c3cc(OC)c(OC)cc3c(CNC(=O)Nc3ccc(C(=O)NC)cc3NC(=O)OCC3c4ccccc4-c4ccccc43)c3cc(OC)c(OC)cc23)c(NC(=O)OCC2c3ccccc3-c3ccccc32)c1. The van der Waals surface area contributed by atoms with Crippen LogP contribution in [0.2, 0.25) is 0 Å². The quantitative estimate of drug-likeness (QED) is 0.0374. The zero-order chi connectivity index (χ0) is 61.6. The molecule has 8 amide bonds. The Kier molecular flexibility index (Phi) is 17.0. The Hall–Kier alpha value is -11.3. The van der Waals surface area contributed by atoms with Crippen LogP contribution in [-0.2, 0) is 22.6 Å². The van der Waals surface area contributed by atoms with E-state index in [-0.39, 0.29) is 72.0 Å². The zero-order valence-corrected chi connectivity index (χ0v) is 48.9. The van der Waals surface area contributed by atoms with Gasteiger partial charge in [0, 0.05) is 50.1 Å². The van der Waals surface area contributed by atoms with Crippen LogP contribution in [0.25, 0.3) is 43.8 Å². The topological polar surface area (TPSA) is 254 Å². The molecule has 0 fully saturated rings. The monoisotopic (exact) mass is 1180 g/mol. The van der Waals surface area contributed by atoms with Crippen LogP contribution < -0.4 is 61.5 Å². The Morgan fingerprint density at radius 1 is 0.375 bits per heavy atom. The lowest BCUT2D eigenvalue weighted by Gasteiger charge is -2.21. The molecule has 0 spiro atoms. The summed E-state index contributed by atoms with van der Waals surface area (Å²) in [6, 6.07) is 46.5. The van der Waals surface area contributed by atoms with Crippen LogP contribution in [0.15, 0.2) is 158 Å². The summed E-state index contributed by atoms with van der Waals surface area (Å²) in [6.45, 7) is -0.154. The number of nitrogens with one attached hydrogen (secondary N) is 8. The fourth-order valence-electron chi connectivity index (χ4n) is 11.7. The first-order valence-electron chi connectivity index (χ1n) is 28.1. The largest absolute Gasteiger partial charge is 0.493 e. The van der Waals surface area contributed by atoms with Crippen molar-refractivity contribution in [1.29, 1.82) is 0 Å². The molecule has 20 heteroatoms. The summed E-state index contributed by atoms with van der Waals surface area (Å²) in [6.07, 6.45) is -1.61. The number of amides is 8. The summed E-state index contributed by atoms with van der Waals surface area (Å²) < 4.78 is 34.9. The molecular formula is C68H62N8O12. The molecule has 9 aromatic rings. The van der Waals surface area contributed by atoms with E-state index in [1.54, 1.807) is 24.3 Å². The van der Waals surface area contributed by atoms with Gasteiger partial charge in [0.15, 0.2) is 23.0 Å². The molecule has 8 N–H and O–H groups in total. The van der Waals surface area contributed by atoms with E-state index in [0.717, 1.165) is 44.5 Å². The van der Waals surface area contributed by atoms with Crippen molar-refractivity contribution in [3.05, 3.63) is 202 Å². The van der Waals surface area contributed by atoms with Crippen LogP contribution in [0.1, 0.15) is 65.9 Å². The van der Waals surface area contributed by atoms with Crippen LogP contribution in [0, 0.1) is 0 Å². The van der Waals surface area contributed by atoms with Gasteiger partial charge in [-0.15, -0.1) is 0 Å². The minimum Gasteiger partial charge on any atom is -0.493 e. The summed E-state index contributed by atoms with van der Waals surface area (Å²) in [7, 11) is 8.96. The van der Waals surface area contributed by atoms with Crippen molar-refractivity contribution in [2.45, 2.75) is 24.9 Å². The van der Waals surface area contributed by atoms with Crippen LogP contribution in [0.4, 0.5) is 41.9 Å². The molecule has 0 atom stereocenters. The third kappa shape index (κ3) is 11.6. The number of benzene rings is 9. The Balaban J connectivity index is 0.846. The van der Waals surface area contributed by atoms with Crippen LogP contribution in [0.3, 0.4) is 0 Å². The molecule has 0 heterocycles. The molecule has 20 nitrogen and oxygen atoms in total. The first kappa shape index (κ1) is 58.5. The number of anilines is 4. The van der Waals surface area contributed by atoms with Gasteiger partial charge in [0.2, 0.25) is 0 Å². The molecule has 2 aliphatic rings. The van der Waals surface area contributed by atoms with Crippen molar-refractivity contribution in [3.63, 3.8) is 0 Å². The van der Waals surface area contributed by atoms with Gasteiger partial charge in [-0.1, -0.05) is 97.1 Å². The van der Waals surface area contributed by atoms with Crippen molar-refractivity contribution in [3.8, 4) is 45.3 Å². The molecule has 88 heavy (non-hydrogen) atoms. The first-order chi connectivity index (χ1) is 42.8. The Bertz CT molecular complexity index is 3830. The summed E-state index contributed by atoms with van der Waals surface area (Å²) >= 11 is 0. The van der Waals surface area contributed by atoms with Gasteiger partial charge in [0.1, 0.15) is 13.2 Å². The van der Waals surface area contributed by atoms with Crippen molar-refractivity contribution < 1.29 is 57.2 Å². The summed E-state index contributed by atoms with van der Waals surface area (Å²) in [4.78, 5) is 81.6. The van der Waals surface area contributed by atoms with Gasteiger partial charge >= 0.3 is 24.2 Å². The summed E-state index contributed by atoms with van der Waals surface area (Å²) in [5.41, 5.74) is 10.6. The highest BCUT2D eigenvalue weighted by atomic mass is 16.6. The van der Waals surface area contributed by atoms with Crippen molar-refractivity contribution in [2.24, 2.45) is 0 Å². The Morgan fingerprint density at radius 2 is 0.682 bits per heavy atom. The number of urea groups is 2. The molecular weight excluding hydrogens is 1120 g/mol. The number of hydrogen-bond donors (Lipinski definition) is 8. The molecule has 0 aromatic heterocycles. The number of rotatable bonds is 18. The number of carbonyl (C=O) groups excluding carboxylic acids is 6. The van der Waals surface area contributed by atoms with E-state index in [1.807, 2.05) is 97.1 Å². The van der Waals surface area contributed by atoms with E-state index in [1.165, 1.54) is 78.9 Å². The molecule has 0 aliphatic heterocycles. The summed E-state index contributed by atoms with van der Waals surface area (Å²) in [5.74, 6) is 0.201. The summed E-state index contributed by atoms with van der Waals surface area (Å²) in [5, 5.41) is 24.7. The average Bonchev–Trinajstić information content (AvgIpc) is 0.974. The third-order valence-corrected chi connectivity index (χ3v) is 15.9. The fraction of sp³-hybridized carbons (Fsp3) is 0.176. The van der Waals surface area contributed by atoms with Gasteiger partial charge in [-0.3, -0.25) is 20.2 Å². The van der Waals surface area contributed by atoms with E-state index in [2.05, 4.69) is 42.5 Å². The Labute approximate surface area is 506 Å². The molecule has 446 valence electrons. The smallest absolute Gasteiger partial charge is 0.411 e. The van der Waals surface area contributed by atoms with E-state index in [9.17, 15) is 28.8 Å². The van der Waals surface area contributed by atoms with Gasteiger partial charge in [-0.05, 0) is 138 Å². The minimum absolute atomic E-state index is 0.0253. The van der Waals surface area contributed by atoms with Crippen molar-refractivity contribution in [1.82, 2.24) is 21.3 Å². The van der Waals surface area contributed by atoms with Gasteiger partial charge in [-0.25, -0.2) is 19.2 Å². The highest BCUT2D eigenvalue weighted by Gasteiger charge is 2.31. The van der Waals surface area contributed by atoms with Gasteiger partial charge < -0.3 is 60.3 Å². The Morgan fingerprint density at radius 3 is 0.977 bits per heavy atom. The third-order valence-electron chi connectivity index (χ3n) is 15.9. The normalized spacial score (nSPS) is 11.9. The van der Waals surface area contributed by atoms with E-state index >= 15 is 0 Å². The van der Waals surface area contributed by atoms with E-state index in [4.69, 9.17) is 28.4 Å². The van der Waals surface area contributed by atoms with E-state index in [0.29, 0.717) is 55.7 Å². The lowest BCUT2D eigenvalue weighted by Crippen LogP contribution is -2.30. The molecule has 0 bridgehead atoms. The van der Waals surface area contributed by atoms with E-state index < -0.39 is 36.1 Å². The van der Waals surface area contributed by atoms with Gasteiger partial charge in [0.25, 0.3) is 11.8 Å². The molecule has 0 unspecified atom stereocenters. The number of methoxy groups -OCH3 is 4. The number of carbonyl (C=O) groups is 6. The van der Waals surface area contributed by atoms with Crippen molar-refractivity contribution >= 4 is 80.4 Å². The predicted molar refractivity (Wildman–Crippen MR) is 336 cm³/mol. The second-order valence-corrected chi connectivity index (χ2v) is 20.7. The maximum atomic E-state index is 14.2. The molecule has 0 saturated carbocycles. The minimum atomic E-state index is -0.803. The number of ether oxygens (including phenoxy) is 6. The van der Waals surface area contributed by atoms with Gasteiger partial charge in [-0.2, -0.15) is 0 Å². The molecule has 0 radical (unpaired) electrons. The maximum absolute atomic E-state index is 14.2. The average molecular weight is 1180 g/mol.